The molecule has 0 aromatic carbocycles. The molecule has 0 amide bonds. The second-order valence-electron chi connectivity index (χ2n) is 3.39. The Labute approximate surface area is 81.5 Å². The summed E-state index contributed by atoms with van der Waals surface area (Å²) in [5, 5.41) is 2.83. The van der Waals surface area contributed by atoms with Gasteiger partial charge in [-0.2, -0.15) is 0 Å². The van der Waals surface area contributed by atoms with Crippen LogP contribution < -0.4 is 0 Å². The number of ether oxygens (including phenoxy) is 1. The molecule has 0 saturated carbocycles. The van der Waals surface area contributed by atoms with Gasteiger partial charge in [-0.3, -0.25) is 0 Å². The number of aliphatic imine (C=N–C) groups is 1. The summed E-state index contributed by atoms with van der Waals surface area (Å²) < 4.78 is 5.47. The fourth-order valence-electron chi connectivity index (χ4n) is 1.18. The number of nitrogens with zero attached hydrogens (tertiary/aromatic N) is 2. The average molecular weight is 196 g/mol. The van der Waals surface area contributed by atoms with E-state index < -0.39 is 0 Å². The summed E-state index contributed by atoms with van der Waals surface area (Å²) in [4.78, 5) is 8.63. The second-order valence-corrected chi connectivity index (χ2v) is 4.29. The summed E-state index contributed by atoms with van der Waals surface area (Å²) in [6, 6.07) is 0.305. The van der Waals surface area contributed by atoms with Crippen molar-refractivity contribution in [3.63, 3.8) is 0 Å². The highest BCUT2D eigenvalue weighted by atomic mass is 32.1. The standard InChI is InChI=1S/C9H12N2OS/c1-6(2)7-5-12-8(11-7)9-10-3-4-13-9/h3-4,6-7H,5H2,1-2H3/t7-/m0/s1. The molecule has 1 aromatic rings. The van der Waals surface area contributed by atoms with Crippen molar-refractivity contribution in [3.8, 4) is 0 Å². The zero-order valence-corrected chi connectivity index (χ0v) is 8.54. The van der Waals surface area contributed by atoms with Gasteiger partial charge in [0.25, 0.3) is 0 Å². The maximum atomic E-state index is 5.47. The number of hydrogen-bond donors (Lipinski definition) is 0. The Hall–Kier alpha value is -0.900. The van der Waals surface area contributed by atoms with Gasteiger partial charge in [-0.05, 0) is 5.92 Å². The van der Waals surface area contributed by atoms with E-state index >= 15 is 0 Å². The van der Waals surface area contributed by atoms with Crippen LogP contribution in [0.5, 0.6) is 0 Å². The molecular weight excluding hydrogens is 184 g/mol. The van der Waals surface area contributed by atoms with Gasteiger partial charge in [0.1, 0.15) is 6.61 Å². The van der Waals surface area contributed by atoms with E-state index in [9.17, 15) is 0 Å². The largest absolute Gasteiger partial charge is 0.473 e. The summed E-state index contributed by atoms with van der Waals surface area (Å²) >= 11 is 1.57. The molecule has 0 N–H and O–H groups in total. The number of thiazole rings is 1. The van der Waals surface area contributed by atoms with Crippen molar-refractivity contribution < 1.29 is 4.74 Å². The lowest BCUT2D eigenvalue weighted by atomic mass is 10.1. The molecule has 0 fully saturated rings. The van der Waals surface area contributed by atoms with Gasteiger partial charge in [-0.15, -0.1) is 11.3 Å². The summed E-state index contributed by atoms with van der Waals surface area (Å²) in [5.41, 5.74) is 0. The number of hydrogen-bond acceptors (Lipinski definition) is 4. The van der Waals surface area contributed by atoms with Crippen LogP contribution in [0.15, 0.2) is 16.6 Å². The first-order valence-corrected chi connectivity index (χ1v) is 5.26. The van der Waals surface area contributed by atoms with Gasteiger partial charge >= 0.3 is 0 Å². The molecule has 0 spiro atoms. The SMILES string of the molecule is CC(C)[C@@H]1COC(c2nccs2)=N1. The quantitative estimate of drug-likeness (QED) is 0.724. The molecule has 0 bridgehead atoms. The lowest BCUT2D eigenvalue weighted by molar-refractivity contribution is 0.292. The summed E-state index contributed by atoms with van der Waals surface area (Å²) in [6.45, 7) is 5.01. The molecule has 0 saturated heterocycles. The Morgan fingerprint density at radius 3 is 3.00 bits per heavy atom. The van der Waals surface area contributed by atoms with Crippen molar-refractivity contribution in [3.05, 3.63) is 16.6 Å². The van der Waals surface area contributed by atoms with Crippen molar-refractivity contribution >= 4 is 17.2 Å². The first-order chi connectivity index (χ1) is 6.27. The fraction of sp³-hybridized carbons (Fsp3) is 0.556. The van der Waals surface area contributed by atoms with E-state index in [-0.39, 0.29) is 0 Å². The molecule has 70 valence electrons. The number of aromatic nitrogens is 1. The molecule has 1 aromatic heterocycles. The first-order valence-electron chi connectivity index (χ1n) is 4.38. The van der Waals surface area contributed by atoms with Crippen LogP contribution in [0, 0.1) is 5.92 Å². The third-order valence-electron chi connectivity index (χ3n) is 2.06. The maximum absolute atomic E-state index is 5.47. The highest BCUT2D eigenvalue weighted by Crippen LogP contribution is 2.18. The van der Waals surface area contributed by atoms with Crippen LogP contribution in [-0.4, -0.2) is 23.5 Å². The molecule has 1 aliphatic heterocycles. The van der Waals surface area contributed by atoms with Crippen molar-refractivity contribution in [2.75, 3.05) is 6.61 Å². The molecule has 4 heteroatoms. The molecule has 0 radical (unpaired) electrons. The molecule has 13 heavy (non-hydrogen) atoms. The smallest absolute Gasteiger partial charge is 0.246 e. The van der Waals surface area contributed by atoms with Crippen LogP contribution in [0.1, 0.15) is 18.9 Å². The lowest BCUT2D eigenvalue weighted by Crippen LogP contribution is -2.13. The van der Waals surface area contributed by atoms with Crippen molar-refractivity contribution in [2.24, 2.45) is 10.9 Å². The van der Waals surface area contributed by atoms with Crippen LogP contribution in [0.2, 0.25) is 0 Å². The van der Waals surface area contributed by atoms with Gasteiger partial charge in [0.2, 0.25) is 5.90 Å². The number of rotatable bonds is 2. The van der Waals surface area contributed by atoms with Crippen molar-refractivity contribution in [2.45, 2.75) is 19.9 Å². The zero-order valence-electron chi connectivity index (χ0n) is 7.73. The minimum atomic E-state index is 0.305. The minimum Gasteiger partial charge on any atom is -0.473 e. The monoisotopic (exact) mass is 196 g/mol. The van der Waals surface area contributed by atoms with E-state index in [1.165, 1.54) is 0 Å². The second kappa shape index (κ2) is 3.46. The van der Waals surface area contributed by atoms with E-state index in [0.29, 0.717) is 24.5 Å². The van der Waals surface area contributed by atoms with Gasteiger partial charge in [0.05, 0.1) is 6.04 Å². The molecule has 2 rings (SSSR count). The first kappa shape index (κ1) is 8.69. The van der Waals surface area contributed by atoms with Crippen molar-refractivity contribution in [1.29, 1.82) is 0 Å². The summed E-state index contributed by atoms with van der Waals surface area (Å²) in [6.07, 6.45) is 1.77. The van der Waals surface area contributed by atoms with Gasteiger partial charge in [-0.1, -0.05) is 13.8 Å². The van der Waals surface area contributed by atoms with Crippen molar-refractivity contribution in [1.82, 2.24) is 4.98 Å². The Morgan fingerprint density at radius 1 is 1.62 bits per heavy atom. The van der Waals surface area contributed by atoms with Crippen LogP contribution in [0.25, 0.3) is 0 Å². The fourth-order valence-corrected chi connectivity index (χ4v) is 1.76. The Morgan fingerprint density at radius 2 is 2.46 bits per heavy atom. The van der Waals surface area contributed by atoms with E-state index in [0.717, 1.165) is 5.01 Å². The Kier molecular flexibility index (Phi) is 2.31. The average Bonchev–Trinajstić information content (AvgIpc) is 2.75. The highest BCUT2D eigenvalue weighted by molar-refractivity contribution is 7.11. The maximum Gasteiger partial charge on any atom is 0.246 e. The van der Waals surface area contributed by atoms with E-state index in [2.05, 4.69) is 23.8 Å². The molecule has 3 nitrogen and oxygen atoms in total. The van der Waals surface area contributed by atoms with Crippen LogP contribution in [0.3, 0.4) is 0 Å². The molecule has 1 atom stereocenters. The normalized spacial score (nSPS) is 21.8. The van der Waals surface area contributed by atoms with E-state index in [1.807, 2.05) is 5.38 Å². The van der Waals surface area contributed by atoms with Crippen LogP contribution in [0.4, 0.5) is 0 Å². The molecule has 0 aliphatic carbocycles. The predicted octanol–water partition coefficient (Wildman–Crippen LogP) is 1.94. The highest BCUT2D eigenvalue weighted by Gasteiger charge is 2.23. The molecule has 0 unspecified atom stereocenters. The zero-order chi connectivity index (χ0) is 9.26. The van der Waals surface area contributed by atoms with Gasteiger partial charge in [-0.25, -0.2) is 9.98 Å². The lowest BCUT2D eigenvalue weighted by Gasteiger charge is -2.06. The van der Waals surface area contributed by atoms with E-state index in [1.54, 1.807) is 17.5 Å². The van der Waals surface area contributed by atoms with Gasteiger partial charge in [0.15, 0.2) is 5.01 Å². The molecule has 2 heterocycles. The molecular formula is C9H12N2OS. The summed E-state index contributed by atoms with van der Waals surface area (Å²) in [5.74, 6) is 1.26. The Bertz CT molecular complexity index is 305. The Balaban J connectivity index is 2.15. The minimum absolute atomic E-state index is 0.305. The predicted molar refractivity (Wildman–Crippen MR) is 53.2 cm³/mol. The summed E-state index contributed by atoms with van der Waals surface area (Å²) in [7, 11) is 0. The van der Waals surface area contributed by atoms with Crippen LogP contribution >= 0.6 is 11.3 Å². The molecule has 1 aliphatic rings. The van der Waals surface area contributed by atoms with Gasteiger partial charge in [0, 0.05) is 11.6 Å². The third kappa shape index (κ3) is 1.72. The van der Waals surface area contributed by atoms with Gasteiger partial charge < -0.3 is 4.74 Å². The van der Waals surface area contributed by atoms with E-state index in [4.69, 9.17) is 4.74 Å². The van der Waals surface area contributed by atoms with Crippen LogP contribution in [-0.2, 0) is 4.74 Å². The topological polar surface area (TPSA) is 34.5 Å². The third-order valence-corrected chi connectivity index (χ3v) is 2.82.